The summed E-state index contributed by atoms with van der Waals surface area (Å²) in [7, 11) is 1.70. The molecule has 0 bridgehead atoms. The molecule has 0 aliphatic rings. The fourth-order valence-electron chi connectivity index (χ4n) is 2.25. The third-order valence-electron chi connectivity index (χ3n) is 3.34. The molecule has 0 saturated heterocycles. The molecular formula is C15H17N3OS. The highest BCUT2D eigenvalue weighted by molar-refractivity contribution is 7.15. The van der Waals surface area contributed by atoms with Crippen LogP contribution in [0.25, 0.3) is 4.96 Å². The molecule has 5 heteroatoms. The minimum absolute atomic E-state index is 0.214. The van der Waals surface area contributed by atoms with Gasteiger partial charge in [-0.1, -0.05) is 18.2 Å². The standard InChI is InChI=1S/C15H17N3OS/c1-11(13-5-3-4-6-14(13)19-2)16-9-12-10-18-7-8-20-15(18)17-12/h3-8,10-11,16H,9H2,1-2H3/t11-/m1/s1. The number of imidazole rings is 1. The molecule has 3 aromatic rings. The summed E-state index contributed by atoms with van der Waals surface area (Å²) in [6.07, 6.45) is 4.09. The maximum absolute atomic E-state index is 5.40. The molecule has 4 nitrogen and oxygen atoms in total. The van der Waals surface area contributed by atoms with E-state index in [2.05, 4.69) is 33.9 Å². The number of methoxy groups -OCH3 is 1. The predicted molar refractivity (Wildman–Crippen MR) is 81.3 cm³/mol. The first-order chi connectivity index (χ1) is 9.78. The third-order valence-corrected chi connectivity index (χ3v) is 4.11. The number of thiazole rings is 1. The van der Waals surface area contributed by atoms with Crippen LogP contribution in [0, 0.1) is 0 Å². The summed E-state index contributed by atoms with van der Waals surface area (Å²) in [6.45, 7) is 2.88. The Morgan fingerprint density at radius 2 is 2.25 bits per heavy atom. The van der Waals surface area contributed by atoms with Gasteiger partial charge in [0, 0.05) is 35.9 Å². The summed E-state index contributed by atoms with van der Waals surface area (Å²) >= 11 is 1.65. The molecule has 104 valence electrons. The molecule has 0 aliphatic carbocycles. The van der Waals surface area contributed by atoms with Crippen molar-refractivity contribution >= 4 is 16.3 Å². The van der Waals surface area contributed by atoms with Crippen LogP contribution in [-0.4, -0.2) is 16.5 Å². The van der Waals surface area contributed by atoms with E-state index in [4.69, 9.17) is 4.74 Å². The van der Waals surface area contributed by atoms with Crippen molar-refractivity contribution in [3.8, 4) is 5.75 Å². The number of rotatable bonds is 5. The molecule has 0 saturated carbocycles. The van der Waals surface area contributed by atoms with Gasteiger partial charge in [0.1, 0.15) is 5.75 Å². The highest BCUT2D eigenvalue weighted by Crippen LogP contribution is 2.24. The summed E-state index contributed by atoms with van der Waals surface area (Å²) in [5, 5.41) is 5.53. The van der Waals surface area contributed by atoms with Gasteiger partial charge in [-0.2, -0.15) is 0 Å². The minimum Gasteiger partial charge on any atom is -0.496 e. The number of nitrogens with zero attached hydrogens (tertiary/aromatic N) is 2. The van der Waals surface area contributed by atoms with Gasteiger partial charge in [-0.25, -0.2) is 4.98 Å². The van der Waals surface area contributed by atoms with Crippen LogP contribution >= 0.6 is 11.3 Å². The monoisotopic (exact) mass is 287 g/mol. The van der Waals surface area contributed by atoms with E-state index in [0.717, 1.165) is 28.5 Å². The Morgan fingerprint density at radius 3 is 3.05 bits per heavy atom. The van der Waals surface area contributed by atoms with Gasteiger partial charge in [-0.3, -0.25) is 4.40 Å². The summed E-state index contributed by atoms with van der Waals surface area (Å²) in [6, 6.07) is 8.30. The lowest BCUT2D eigenvalue weighted by Gasteiger charge is -2.16. The van der Waals surface area contributed by atoms with Crippen LogP contribution in [0.15, 0.2) is 42.0 Å². The van der Waals surface area contributed by atoms with Crippen molar-refractivity contribution in [3.05, 3.63) is 53.3 Å². The second-order valence-corrected chi connectivity index (χ2v) is 5.54. The van der Waals surface area contributed by atoms with E-state index < -0.39 is 0 Å². The first-order valence-corrected chi connectivity index (χ1v) is 7.43. The lowest BCUT2D eigenvalue weighted by molar-refractivity contribution is 0.401. The SMILES string of the molecule is COc1ccccc1[C@@H](C)NCc1cn2ccsc2n1. The van der Waals surface area contributed by atoms with Gasteiger partial charge in [-0.05, 0) is 13.0 Å². The topological polar surface area (TPSA) is 38.6 Å². The van der Waals surface area contributed by atoms with Gasteiger partial charge in [0.15, 0.2) is 4.96 Å². The number of ether oxygens (including phenoxy) is 1. The predicted octanol–water partition coefficient (Wildman–Crippen LogP) is 3.26. The third kappa shape index (κ3) is 2.55. The smallest absolute Gasteiger partial charge is 0.193 e. The molecule has 0 unspecified atom stereocenters. The molecule has 0 radical (unpaired) electrons. The van der Waals surface area contributed by atoms with Crippen molar-refractivity contribution < 1.29 is 4.74 Å². The highest BCUT2D eigenvalue weighted by atomic mass is 32.1. The van der Waals surface area contributed by atoms with Gasteiger partial charge in [-0.15, -0.1) is 11.3 Å². The van der Waals surface area contributed by atoms with Crippen molar-refractivity contribution in [1.82, 2.24) is 14.7 Å². The fraction of sp³-hybridized carbons (Fsp3) is 0.267. The summed E-state index contributed by atoms with van der Waals surface area (Å²) in [5.74, 6) is 0.915. The molecule has 20 heavy (non-hydrogen) atoms. The maximum Gasteiger partial charge on any atom is 0.193 e. The highest BCUT2D eigenvalue weighted by Gasteiger charge is 2.11. The Bertz CT molecular complexity index is 675. The van der Waals surface area contributed by atoms with Gasteiger partial charge in [0.2, 0.25) is 0 Å². The van der Waals surface area contributed by atoms with Crippen LogP contribution in [0.2, 0.25) is 0 Å². The van der Waals surface area contributed by atoms with E-state index in [1.165, 1.54) is 0 Å². The van der Waals surface area contributed by atoms with Gasteiger partial charge in [0.25, 0.3) is 0 Å². The Kier molecular flexibility index (Phi) is 3.71. The van der Waals surface area contributed by atoms with E-state index in [0.29, 0.717) is 0 Å². The first-order valence-electron chi connectivity index (χ1n) is 6.55. The molecule has 1 atom stereocenters. The van der Waals surface area contributed by atoms with Crippen molar-refractivity contribution in [2.24, 2.45) is 0 Å². The van der Waals surface area contributed by atoms with Crippen LogP contribution in [0.1, 0.15) is 24.2 Å². The normalized spacial score (nSPS) is 12.7. The maximum atomic E-state index is 5.40. The Morgan fingerprint density at radius 1 is 1.40 bits per heavy atom. The molecule has 0 spiro atoms. The second-order valence-electron chi connectivity index (χ2n) is 4.67. The zero-order valence-electron chi connectivity index (χ0n) is 11.5. The van der Waals surface area contributed by atoms with Crippen LogP contribution in [-0.2, 0) is 6.54 Å². The number of benzene rings is 1. The van der Waals surface area contributed by atoms with Crippen molar-refractivity contribution in [1.29, 1.82) is 0 Å². The largest absolute Gasteiger partial charge is 0.496 e. The number of aromatic nitrogens is 2. The summed E-state index contributed by atoms with van der Waals surface area (Å²) < 4.78 is 7.45. The Hall–Kier alpha value is -1.85. The van der Waals surface area contributed by atoms with Crippen LogP contribution in [0.3, 0.4) is 0 Å². The number of fused-ring (bicyclic) bond motifs is 1. The van der Waals surface area contributed by atoms with Crippen molar-refractivity contribution in [2.45, 2.75) is 19.5 Å². The molecule has 2 heterocycles. The van der Waals surface area contributed by atoms with Crippen molar-refractivity contribution in [3.63, 3.8) is 0 Å². The molecule has 1 N–H and O–H groups in total. The number of nitrogens with one attached hydrogen (secondary N) is 1. The van der Waals surface area contributed by atoms with E-state index in [1.54, 1.807) is 18.4 Å². The molecule has 0 fully saturated rings. The molecule has 0 aliphatic heterocycles. The fourth-order valence-corrected chi connectivity index (χ4v) is 2.97. The van der Waals surface area contributed by atoms with Gasteiger partial charge in [0.05, 0.1) is 12.8 Å². The summed E-state index contributed by atoms with van der Waals surface area (Å²) in [4.78, 5) is 5.60. The second kappa shape index (κ2) is 5.64. The van der Waals surface area contributed by atoms with E-state index in [9.17, 15) is 0 Å². The van der Waals surface area contributed by atoms with E-state index in [-0.39, 0.29) is 6.04 Å². The zero-order valence-corrected chi connectivity index (χ0v) is 12.4. The molecular weight excluding hydrogens is 270 g/mol. The number of hydrogen-bond donors (Lipinski definition) is 1. The summed E-state index contributed by atoms with van der Waals surface area (Å²) in [5.41, 5.74) is 2.22. The average Bonchev–Trinajstić information content (AvgIpc) is 3.05. The number of hydrogen-bond acceptors (Lipinski definition) is 4. The quantitative estimate of drug-likeness (QED) is 0.783. The lowest BCUT2D eigenvalue weighted by atomic mass is 10.1. The molecule has 0 amide bonds. The van der Waals surface area contributed by atoms with Crippen LogP contribution < -0.4 is 10.1 Å². The first kappa shape index (κ1) is 13.1. The number of para-hydroxylation sites is 1. The molecule has 1 aromatic carbocycles. The van der Waals surface area contributed by atoms with Gasteiger partial charge < -0.3 is 10.1 Å². The Balaban J connectivity index is 1.69. The van der Waals surface area contributed by atoms with Crippen LogP contribution in [0.5, 0.6) is 5.75 Å². The molecule has 3 rings (SSSR count). The Labute approximate surface area is 122 Å². The van der Waals surface area contributed by atoms with Crippen LogP contribution in [0.4, 0.5) is 0 Å². The molecule has 2 aromatic heterocycles. The average molecular weight is 287 g/mol. The lowest BCUT2D eigenvalue weighted by Crippen LogP contribution is -2.18. The van der Waals surface area contributed by atoms with Gasteiger partial charge >= 0.3 is 0 Å². The van der Waals surface area contributed by atoms with Crippen molar-refractivity contribution in [2.75, 3.05) is 7.11 Å². The minimum atomic E-state index is 0.214. The zero-order chi connectivity index (χ0) is 13.9. The van der Waals surface area contributed by atoms with E-state index >= 15 is 0 Å². The van der Waals surface area contributed by atoms with E-state index in [1.807, 2.05) is 29.8 Å².